The van der Waals surface area contributed by atoms with Crippen LogP contribution in [0.2, 0.25) is 0 Å². The molecular weight excluding hydrogens is 285 g/mol. The van der Waals surface area contributed by atoms with Gasteiger partial charge in [0.25, 0.3) is 0 Å². The highest BCUT2D eigenvalue weighted by molar-refractivity contribution is 7.91. The number of hydrogen-bond acceptors (Lipinski definition) is 5. The number of nitrogens with one attached hydrogen (secondary N) is 1. The van der Waals surface area contributed by atoms with Crippen LogP contribution in [0.5, 0.6) is 0 Å². The summed E-state index contributed by atoms with van der Waals surface area (Å²) in [6.07, 6.45) is 0.306. The molecule has 5 nitrogen and oxygen atoms in total. The van der Waals surface area contributed by atoms with Crippen LogP contribution < -0.4 is 5.32 Å². The van der Waals surface area contributed by atoms with E-state index in [4.69, 9.17) is 5.11 Å². The van der Waals surface area contributed by atoms with Gasteiger partial charge in [-0.1, -0.05) is 0 Å². The summed E-state index contributed by atoms with van der Waals surface area (Å²) in [6, 6.07) is 3.25. The molecule has 0 bridgehead atoms. The van der Waals surface area contributed by atoms with Gasteiger partial charge in [0.05, 0.1) is 22.9 Å². The molecule has 1 aromatic rings. The SMILES string of the molecule is CC(O)(CO)CNC1CCS(=O)(=O)c2ccc(F)cc21. The average Bonchev–Trinajstić information content (AvgIpc) is 2.37. The number of hydrogen-bond donors (Lipinski definition) is 3. The van der Waals surface area contributed by atoms with Crippen molar-refractivity contribution in [2.45, 2.75) is 29.9 Å². The second-order valence-electron chi connectivity index (χ2n) is 5.38. The maximum atomic E-state index is 13.3. The van der Waals surface area contributed by atoms with Crippen LogP contribution in [-0.2, 0) is 9.84 Å². The molecular formula is C13H18FNO4S. The molecule has 20 heavy (non-hydrogen) atoms. The highest BCUT2D eigenvalue weighted by Gasteiger charge is 2.31. The highest BCUT2D eigenvalue weighted by Crippen LogP contribution is 2.32. The lowest BCUT2D eigenvalue weighted by Gasteiger charge is -2.29. The minimum Gasteiger partial charge on any atom is -0.393 e. The average molecular weight is 303 g/mol. The van der Waals surface area contributed by atoms with Gasteiger partial charge in [-0.25, -0.2) is 12.8 Å². The van der Waals surface area contributed by atoms with Crippen molar-refractivity contribution in [3.63, 3.8) is 0 Å². The van der Waals surface area contributed by atoms with Crippen molar-refractivity contribution in [1.29, 1.82) is 0 Å². The predicted octanol–water partition coefficient (Wildman–Crippen LogP) is 0.377. The van der Waals surface area contributed by atoms with Crippen molar-refractivity contribution in [1.82, 2.24) is 5.32 Å². The van der Waals surface area contributed by atoms with Crippen molar-refractivity contribution in [2.75, 3.05) is 18.9 Å². The standard InChI is InChI=1S/C13H18FNO4S/c1-13(17,8-16)7-15-11-4-5-20(18,19)12-3-2-9(14)6-10(11)12/h2-3,6,11,15-17H,4-5,7-8H2,1H3. The molecule has 1 aliphatic heterocycles. The van der Waals surface area contributed by atoms with Crippen LogP contribution in [0.25, 0.3) is 0 Å². The molecule has 3 N–H and O–H groups in total. The number of benzene rings is 1. The normalized spacial score (nSPS) is 23.9. The Kier molecular flexibility index (Phi) is 4.15. The maximum absolute atomic E-state index is 13.3. The molecule has 1 aliphatic rings. The molecule has 0 aliphatic carbocycles. The first kappa shape index (κ1) is 15.4. The van der Waals surface area contributed by atoms with E-state index in [9.17, 15) is 17.9 Å². The summed E-state index contributed by atoms with van der Waals surface area (Å²) in [7, 11) is -3.37. The molecule has 2 rings (SSSR count). The summed E-state index contributed by atoms with van der Waals surface area (Å²) in [6.45, 7) is 1.14. The van der Waals surface area contributed by atoms with Crippen LogP contribution in [0.1, 0.15) is 24.9 Å². The number of halogens is 1. The van der Waals surface area contributed by atoms with Gasteiger partial charge < -0.3 is 15.5 Å². The van der Waals surface area contributed by atoms with Gasteiger partial charge in [-0.2, -0.15) is 0 Å². The summed E-state index contributed by atoms with van der Waals surface area (Å²) in [5, 5.41) is 21.7. The van der Waals surface area contributed by atoms with Gasteiger partial charge in [0.1, 0.15) is 5.82 Å². The lowest BCUT2D eigenvalue weighted by Crippen LogP contribution is -2.43. The van der Waals surface area contributed by atoms with E-state index in [0.29, 0.717) is 12.0 Å². The summed E-state index contributed by atoms with van der Waals surface area (Å²) in [5.74, 6) is -0.522. The lowest BCUT2D eigenvalue weighted by atomic mass is 10.0. The Morgan fingerprint density at radius 3 is 2.85 bits per heavy atom. The van der Waals surface area contributed by atoms with Crippen LogP contribution in [0.15, 0.2) is 23.1 Å². The van der Waals surface area contributed by atoms with E-state index in [1.807, 2.05) is 0 Å². The van der Waals surface area contributed by atoms with Gasteiger partial charge >= 0.3 is 0 Å². The molecule has 7 heteroatoms. The minimum absolute atomic E-state index is 0.0232. The molecule has 112 valence electrons. The van der Waals surface area contributed by atoms with E-state index in [1.54, 1.807) is 0 Å². The van der Waals surface area contributed by atoms with Crippen molar-refractivity contribution in [3.8, 4) is 0 Å². The Hall–Kier alpha value is -1.02. The second kappa shape index (κ2) is 5.40. The second-order valence-corrected chi connectivity index (χ2v) is 7.46. The van der Waals surface area contributed by atoms with Crippen LogP contribution in [0.3, 0.4) is 0 Å². The molecule has 0 aromatic heterocycles. The van der Waals surface area contributed by atoms with Crippen LogP contribution in [0.4, 0.5) is 4.39 Å². The fraction of sp³-hybridized carbons (Fsp3) is 0.538. The quantitative estimate of drug-likeness (QED) is 0.700. The summed E-state index contributed by atoms with van der Waals surface area (Å²) in [5.41, 5.74) is -0.922. The first-order valence-corrected chi connectivity index (χ1v) is 7.99. The molecule has 0 saturated carbocycles. The van der Waals surface area contributed by atoms with Gasteiger partial charge in [0, 0.05) is 12.6 Å². The van der Waals surface area contributed by atoms with E-state index < -0.39 is 27.9 Å². The molecule has 2 unspecified atom stereocenters. The van der Waals surface area contributed by atoms with Crippen molar-refractivity contribution < 1.29 is 23.0 Å². The highest BCUT2D eigenvalue weighted by atomic mass is 32.2. The Morgan fingerprint density at radius 2 is 2.20 bits per heavy atom. The molecule has 0 spiro atoms. The van der Waals surface area contributed by atoms with Crippen molar-refractivity contribution in [2.24, 2.45) is 0 Å². The molecule has 1 aromatic carbocycles. The summed E-state index contributed by atoms with van der Waals surface area (Å²) < 4.78 is 37.2. The zero-order chi connectivity index (χ0) is 15.0. The van der Waals surface area contributed by atoms with Gasteiger partial charge in [-0.15, -0.1) is 0 Å². The van der Waals surface area contributed by atoms with Crippen LogP contribution in [0, 0.1) is 5.82 Å². The minimum atomic E-state index is -3.37. The first-order chi connectivity index (χ1) is 9.25. The molecule has 1 heterocycles. The first-order valence-electron chi connectivity index (χ1n) is 6.34. The van der Waals surface area contributed by atoms with Crippen molar-refractivity contribution in [3.05, 3.63) is 29.6 Å². The Labute approximate surface area is 117 Å². The number of aliphatic hydroxyl groups excluding tert-OH is 1. The molecule has 0 fully saturated rings. The summed E-state index contributed by atoms with van der Waals surface area (Å²) >= 11 is 0. The van der Waals surface area contributed by atoms with E-state index in [2.05, 4.69) is 5.32 Å². The fourth-order valence-corrected chi connectivity index (χ4v) is 3.83. The smallest absolute Gasteiger partial charge is 0.178 e. The molecule has 0 saturated heterocycles. The number of rotatable bonds is 4. The van der Waals surface area contributed by atoms with Gasteiger partial charge in [-0.3, -0.25) is 0 Å². The van der Waals surface area contributed by atoms with Crippen LogP contribution >= 0.6 is 0 Å². The number of sulfone groups is 1. The predicted molar refractivity (Wildman–Crippen MR) is 71.5 cm³/mol. The van der Waals surface area contributed by atoms with Gasteiger partial charge in [0.2, 0.25) is 0 Å². The Morgan fingerprint density at radius 1 is 1.50 bits per heavy atom. The fourth-order valence-electron chi connectivity index (χ4n) is 2.22. The van der Waals surface area contributed by atoms with E-state index in [0.717, 1.165) is 6.07 Å². The molecule has 2 atom stereocenters. The monoisotopic (exact) mass is 303 g/mol. The van der Waals surface area contributed by atoms with E-state index in [1.165, 1.54) is 19.1 Å². The number of fused-ring (bicyclic) bond motifs is 1. The maximum Gasteiger partial charge on any atom is 0.178 e. The Balaban J connectivity index is 2.28. The van der Waals surface area contributed by atoms with Gasteiger partial charge in [0.15, 0.2) is 9.84 Å². The third-order valence-corrected chi connectivity index (χ3v) is 5.24. The van der Waals surface area contributed by atoms with E-state index >= 15 is 0 Å². The van der Waals surface area contributed by atoms with Crippen LogP contribution in [-0.4, -0.2) is 43.1 Å². The largest absolute Gasteiger partial charge is 0.393 e. The number of aliphatic hydroxyl groups is 2. The van der Waals surface area contributed by atoms with E-state index in [-0.39, 0.29) is 23.2 Å². The van der Waals surface area contributed by atoms with Gasteiger partial charge in [-0.05, 0) is 37.1 Å². The third-order valence-electron chi connectivity index (χ3n) is 3.43. The molecule has 0 amide bonds. The zero-order valence-electron chi connectivity index (χ0n) is 11.1. The topological polar surface area (TPSA) is 86.6 Å². The zero-order valence-corrected chi connectivity index (χ0v) is 12.0. The third kappa shape index (κ3) is 3.17. The summed E-state index contributed by atoms with van der Waals surface area (Å²) in [4.78, 5) is 0.131. The Bertz CT molecular complexity index is 600. The lowest BCUT2D eigenvalue weighted by molar-refractivity contribution is 0.000505. The molecule has 0 radical (unpaired) electrons. The van der Waals surface area contributed by atoms with Crippen molar-refractivity contribution >= 4 is 9.84 Å².